The molecule has 0 aromatic carbocycles. The van der Waals surface area contributed by atoms with Crippen LogP contribution in [0.5, 0.6) is 0 Å². The van der Waals surface area contributed by atoms with Crippen LogP contribution in [0, 0.1) is 5.92 Å². The molecule has 3 heteroatoms. The van der Waals surface area contributed by atoms with E-state index in [2.05, 4.69) is 0 Å². The zero-order valence-corrected chi connectivity index (χ0v) is 7.03. The Morgan fingerprint density at radius 2 is 2.42 bits per heavy atom. The van der Waals surface area contributed by atoms with E-state index in [1.165, 1.54) is 0 Å². The van der Waals surface area contributed by atoms with Crippen LogP contribution >= 0.6 is 0 Å². The van der Waals surface area contributed by atoms with Gasteiger partial charge in [0.25, 0.3) is 0 Å². The van der Waals surface area contributed by atoms with Crippen LogP contribution in [0.1, 0.15) is 6.42 Å². The molecule has 12 heavy (non-hydrogen) atoms. The number of hydrogen-bond donors (Lipinski definition) is 1. The number of allylic oxidation sites excluding steroid dienone is 2. The Balaban J connectivity index is 2.34. The number of fused-ring (bicyclic) bond motifs is 1. The highest BCUT2D eigenvalue weighted by Crippen LogP contribution is 2.32. The fraction of sp³-hybridized carbons (Fsp3) is 0.444. The lowest BCUT2D eigenvalue weighted by Gasteiger charge is -2.21. The van der Waals surface area contributed by atoms with Gasteiger partial charge in [0, 0.05) is 31.1 Å². The van der Waals surface area contributed by atoms with Gasteiger partial charge in [0.15, 0.2) is 0 Å². The van der Waals surface area contributed by atoms with E-state index in [4.69, 9.17) is 5.73 Å². The lowest BCUT2D eigenvalue weighted by molar-refractivity contribution is -0.125. The molecule has 2 N–H and O–H groups in total. The number of amides is 1. The predicted molar refractivity (Wildman–Crippen MR) is 46.1 cm³/mol. The summed E-state index contributed by atoms with van der Waals surface area (Å²) in [6.45, 7) is 0. The summed E-state index contributed by atoms with van der Waals surface area (Å²) in [6.07, 6.45) is 6.40. The molecular formula is C9H12N2O. The molecule has 1 aliphatic carbocycles. The fourth-order valence-electron chi connectivity index (χ4n) is 1.81. The maximum atomic E-state index is 11.3. The Bertz CT molecular complexity index is 280. The number of carbonyl (C=O) groups is 1. The average molecular weight is 164 g/mol. The number of nitrogens with two attached hydrogens (primary N) is 1. The summed E-state index contributed by atoms with van der Waals surface area (Å²) >= 11 is 0. The first-order valence-corrected chi connectivity index (χ1v) is 4.10. The van der Waals surface area contributed by atoms with E-state index in [9.17, 15) is 4.79 Å². The molecule has 0 spiro atoms. The lowest BCUT2D eigenvalue weighted by atomic mass is 9.92. The zero-order chi connectivity index (χ0) is 8.72. The van der Waals surface area contributed by atoms with Gasteiger partial charge < -0.3 is 10.6 Å². The number of rotatable bonds is 0. The number of likely N-dealkylation sites (tertiary alicyclic amines) is 1. The van der Waals surface area contributed by atoms with Crippen LogP contribution in [0.3, 0.4) is 0 Å². The molecule has 0 aromatic rings. The summed E-state index contributed by atoms with van der Waals surface area (Å²) in [5.41, 5.74) is 6.90. The fourth-order valence-corrected chi connectivity index (χ4v) is 1.81. The molecule has 2 atom stereocenters. The topological polar surface area (TPSA) is 46.3 Å². The van der Waals surface area contributed by atoms with Gasteiger partial charge in [0.2, 0.25) is 5.91 Å². The minimum Gasteiger partial charge on any atom is -0.324 e. The zero-order valence-electron chi connectivity index (χ0n) is 7.03. The van der Waals surface area contributed by atoms with Gasteiger partial charge in [0.1, 0.15) is 0 Å². The van der Waals surface area contributed by atoms with Crippen LogP contribution in [-0.2, 0) is 4.79 Å². The Kier molecular flexibility index (Phi) is 1.54. The highest BCUT2D eigenvalue weighted by Gasteiger charge is 2.36. The van der Waals surface area contributed by atoms with E-state index in [1.54, 1.807) is 11.9 Å². The van der Waals surface area contributed by atoms with E-state index in [-0.39, 0.29) is 17.9 Å². The van der Waals surface area contributed by atoms with E-state index < -0.39 is 0 Å². The molecule has 64 valence electrons. The molecule has 1 heterocycles. The molecule has 0 aromatic heterocycles. The molecule has 2 aliphatic rings. The second-order valence-electron chi connectivity index (χ2n) is 3.32. The van der Waals surface area contributed by atoms with Gasteiger partial charge in [-0.3, -0.25) is 4.79 Å². The van der Waals surface area contributed by atoms with Crippen molar-refractivity contribution in [1.82, 2.24) is 4.90 Å². The van der Waals surface area contributed by atoms with E-state index in [1.807, 2.05) is 18.2 Å². The average Bonchev–Trinajstić information content (AvgIpc) is 2.32. The molecular weight excluding hydrogens is 152 g/mol. The molecule has 1 aliphatic heterocycles. The van der Waals surface area contributed by atoms with E-state index in [0.29, 0.717) is 6.42 Å². The number of nitrogens with zero attached hydrogens (tertiary/aromatic N) is 1. The van der Waals surface area contributed by atoms with Gasteiger partial charge in [-0.1, -0.05) is 12.2 Å². The van der Waals surface area contributed by atoms with Crippen molar-refractivity contribution in [3.05, 3.63) is 23.9 Å². The molecule has 3 nitrogen and oxygen atoms in total. The first-order chi connectivity index (χ1) is 5.70. The van der Waals surface area contributed by atoms with Crippen molar-refractivity contribution in [1.29, 1.82) is 0 Å². The first-order valence-electron chi connectivity index (χ1n) is 4.10. The Labute approximate surface area is 71.5 Å². The first kappa shape index (κ1) is 7.55. The summed E-state index contributed by atoms with van der Waals surface area (Å²) in [5, 5.41) is 0. The highest BCUT2D eigenvalue weighted by atomic mass is 16.2. The number of hydrogen-bond acceptors (Lipinski definition) is 2. The van der Waals surface area contributed by atoms with Gasteiger partial charge in [-0.2, -0.15) is 0 Å². The summed E-state index contributed by atoms with van der Waals surface area (Å²) in [7, 11) is 1.81. The minimum absolute atomic E-state index is 0.0129. The minimum atomic E-state index is 0.0129. The van der Waals surface area contributed by atoms with Crippen molar-refractivity contribution in [3.63, 3.8) is 0 Å². The third-order valence-electron chi connectivity index (χ3n) is 2.60. The summed E-state index contributed by atoms with van der Waals surface area (Å²) in [4.78, 5) is 13.0. The largest absolute Gasteiger partial charge is 0.324 e. The predicted octanol–water partition coefficient (Wildman–Crippen LogP) is 0.246. The number of carbonyl (C=O) groups excluding carboxylic acids is 1. The molecule has 1 amide bonds. The van der Waals surface area contributed by atoms with Crippen molar-refractivity contribution < 1.29 is 4.79 Å². The Morgan fingerprint density at radius 3 is 3.08 bits per heavy atom. The smallest absolute Gasteiger partial charge is 0.227 e. The van der Waals surface area contributed by atoms with Gasteiger partial charge in [-0.25, -0.2) is 0 Å². The molecule has 2 unspecified atom stereocenters. The van der Waals surface area contributed by atoms with Gasteiger partial charge in [0.05, 0.1) is 0 Å². The maximum Gasteiger partial charge on any atom is 0.227 e. The van der Waals surface area contributed by atoms with Crippen molar-refractivity contribution in [3.8, 4) is 0 Å². The van der Waals surface area contributed by atoms with Crippen molar-refractivity contribution in [2.75, 3.05) is 7.05 Å². The van der Waals surface area contributed by atoms with Crippen LogP contribution < -0.4 is 5.73 Å². The molecule has 0 bridgehead atoms. The van der Waals surface area contributed by atoms with Crippen LogP contribution in [0.25, 0.3) is 0 Å². The van der Waals surface area contributed by atoms with Crippen LogP contribution in [0.15, 0.2) is 23.9 Å². The third-order valence-corrected chi connectivity index (χ3v) is 2.60. The van der Waals surface area contributed by atoms with E-state index in [0.717, 1.165) is 5.70 Å². The monoisotopic (exact) mass is 164 g/mol. The summed E-state index contributed by atoms with van der Waals surface area (Å²) < 4.78 is 0. The quantitative estimate of drug-likeness (QED) is 0.557. The summed E-state index contributed by atoms with van der Waals surface area (Å²) in [6, 6.07) is 0.0129. The second kappa shape index (κ2) is 2.45. The van der Waals surface area contributed by atoms with Crippen LogP contribution in [0.2, 0.25) is 0 Å². The third kappa shape index (κ3) is 0.898. The standard InChI is InChI=1S/C9H12N2O/c1-11-8-4-2-3-7(10)6(8)5-9(11)12/h2-4,6-7H,5,10H2,1H3. The van der Waals surface area contributed by atoms with Gasteiger partial charge in [-0.15, -0.1) is 0 Å². The van der Waals surface area contributed by atoms with Crippen molar-refractivity contribution in [2.24, 2.45) is 11.7 Å². The summed E-state index contributed by atoms with van der Waals surface area (Å²) in [5.74, 6) is 0.387. The van der Waals surface area contributed by atoms with Crippen LogP contribution in [0.4, 0.5) is 0 Å². The van der Waals surface area contributed by atoms with Crippen molar-refractivity contribution >= 4 is 5.91 Å². The normalized spacial score (nSPS) is 33.7. The Morgan fingerprint density at radius 1 is 1.67 bits per heavy atom. The maximum absolute atomic E-state index is 11.3. The SMILES string of the molecule is CN1C(=O)CC2C1=CC=CC2N. The van der Waals surface area contributed by atoms with Crippen molar-refractivity contribution in [2.45, 2.75) is 12.5 Å². The molecule has 0 saturated carbocycles. The van der Waals surface area contributed by atoms with E-state index >= 15 is 0 Å². The molecule has 1 fully saturated rings. The molecule has 2 rings (SSSR count). The van der Waals surface area contributed by atoms with Gasteiger partial charge in [-0.05, 0) is 6.08 Å². The van der Waals surface area contributed by atoms with Crippen LogP contribution in [-0.4, -0.2) is 23.9 Å². The Hall–Kier alpha value is -1.09. The van der Waals surface area contributed by atoms with Gasteiger partial charge >= 0.3 is 0 Å². The molecule has 1 saturated heterocycles. The lowest BCUT2D eigenvalue weighted by Crippen LogP contribution is -2.30. The molecule has 0 radical (unpaired) electrons. The second-order valence-corrected chi connectivity index (χ2v) is 3.32. The highest BCUT2D eigenvalue weighted by molar-refractivity contribution is 5.82.